The molecule has 108 valence electrons. The fourth-order valence-corrected chi connectivity index (χ4v) is 2.94. The van der Waals surface area contributed by atoms with Crippen molar-refractivity contribution in [3.05, 3.63) is 40.1 Å². The second kappa shape index (κ2) is 6.71. The Kier molecular flexibility index (Phi) is 4.97. The SMILES string of the molecule is CCCn1c(Sc2c(F)cccc2CCN)n[nH]c1=O. The quantitative estimate of drug-likeness (QED) is 0.852. The summed E-state index contributed by atoms with van der Waals surface area (Å²) in [5.41, 5.74) is 6.10. The molecule has 0 aliphatic carbocycles. The van der Waals surface area contributed by atoms with E-state index in [2.05, 4.69) is 10.2 Å². The lowest BCUT2D eigenvalue weighted by Gasteiger charge is -2.09. The van der Waals surface area contributed by atoms with E-state index in [-0.39, 0.29) is 11.5 Å². The number of H-pyrrole nitrogens is 1. The molecular weight excluding hydrogens is 279 g/mol. The van der Waals surface area contributed by atoms with E-state index in [4.69, 9.17) is 5.73 Å². The highest BCUT2D eigenvalue weighted by molar-refractivity contribution is 7.99. The van der Waals surface area contributed by atoms with Crippen LogP contribution < -0.4 is 11.4 Å². The van der Waals surface area contributed by atoms with Gasteiger partial charge in [-0.2, -0.15) is 0 Å². The van der Waals surface area contributed by atoms with Gasteiger partial charge in [0.2, 0.25) is 0 Å². The van der Waals surface area contributed by atoms with Gasteiger partial charge >= 0.3 is 5.69 Å². The van der Waals surface area contributed by atoms with Gasteiger partial charge in [0.15, 0.2) is 5.16 Å². The predicted molar refractivity (Wildman–Crippen MR) is 76.4 cm³/mol. The van der Waals surface area contributed by atoms with Crippen molar-refractivity contribution in [2.45, 2.75) is 36.4 Å². The first-order valence-electron chi connectivity index (χ1n) is 6.47. The summed E-state index contributed by atoms with van der Waals surface area (Å²) in [4.78, 5) is 12.1. The highest BCUT2D eigenvalue weighted by Crippen LogP contribution is 2.31. The van der Waals surface area contributed by atoms with E-state index in [1.165, 1.54) is 10.6 Å². The largest absolute Gasteiger partial charge is 0.343 e. The van der Waals surface area contributed by atoms with Crippen molar-refractivity contribution in [1.82, 2.24) is 14.8 Å². The molecule has 0 amide bonds. The lowest BCUT2D eigenvalue weighted by molar-refractivity contribution is 0.589. The third-order valence-corrected chi connectivity index (χ3v) is 3.98. The number of nitrogens with two attached hydrogens (primary N) is 1. The first kappa shape index (κ1) is 14.8. The van der Waals surface area contributed by atoms with Crippen LogP contribution in [-0.2, 0) is 13.0 Å². The minimum absolute atomic E-state index is 0.272. The summed E-state index contributed by atoms with van der Waals surface area (Å²) in [7, 11) is 0. The van der Waals surface area contributed by atoms with Crippen LogP contribution in [0.15, 0.2) is 33.0 Å². The van der Waals surface area contributed by atoms with Gasteiger partial charge < -0.3 is 5.73 Å². The molecular formula is C13H17FN4OS. The number of rotatable bonds is 6. The van der Waals surface area contributed by atoms with E-state index in [0.29, 0.717) is 29.6 Å². The zero-order chi connectivity index (χ0) is 14.5. The highest BCUT2D eigenvalue weighted by atomic mass is 32.2. The molecule has 7 heteroatoms. The van der Waals surface area contributed by atoms with Crippen LogP contribution in [0, 0.1) is 5.82 Å². The maximum atomic E-state index is 14.0. The fraction of sp³-hybridized carbons (Fsp3) is 0.385. The van der Waals surface area contributed by atoms with Crippen molar-refractivity contribution < 1.29 is 4.39 Å². The lowest BCUT2D eigenvalue weighted by atomic mass is 10.1. The number of aromatic amines is 1. The van der Waals surface area contributed by atoms with Crippen LogP contribution in [0.25, 0.3) is 0 Å². The Balaban J connectivity index is 2.37. The molecule has 1 aromatic carbocycles. The average Bonchev–Trinajstić information content (AvgIpc) is 2.76. The molecule has 0 saturated carbocycles. The first-order valence-corrected chi connectivity index (χ1v) is 7.29. The van der Waals surface area contributed by atoms with Gasteiger partial charge in [0.1, 0.15) is 5.82 Å². The summed E-state index contributed by atoms with van der Waals surface area (Å²) in [6, 6.07) is 4.90. The molecule has 20 heavy (non-hydrogen) atoms. The van der Waals surface area contributed by atoms with Crippen molar-refractivity contribution in [3.63, 3.8) is 0 Å². The van der Waals surface area contributed by atoms with Crippen LogP contribution in [-0.4, -0.2) is 21.3 Å². The molecule has 5 nitrogen and oxygen atoms in total. The smallest absolute Gasteiger partial charge is 0.330 e. The molecule has 3 N–H and O–H groups in total. The van der Waals surface area contributed by atoms with Crippen LogP contribution in [0.5, 0.6) is 0 Å². The third kappa shape index (κ3) is 3.10. The molecule has 0 fully saturated rings. The number of aromatic nitrogens is 3. The summed E-state index contributed by atoms with van der Waals surface area (Å²) in [5.74, 6) is -0.320. The Morgan fingerprint density at radius 1 is 1.50 bits per heavy atom. The van der Waals surface area contributed by atoms with Crippen LogP contribution >= 0.6 is 11.8 Å². The predicted octanol–water partition coefficient (Wildman–Crippen LogP) is 1.77. The Morgan fingerprint density at radius 2 is 2.30 bits per heavy atom. The second-order valence-electron chi connectivity index (χ2n) is 4.33. The standard InChI is InChI=1S/C13H17FN4OS/c1-2-8-18-12(19)16-17-13(18)20-11-9(6-7-15)4-3-5-10(11)14/h3-5H,2,6-8,15H2,1H3,(H,16,19). The number of halogens is 1. The summed E-state index contributed by atoms with van der Waals surface area (Å²) < 4.78 is 15.5. The molecule has 0 unspecified atom stereocenters. The molecule has 1 aromatic heterocycles. The van der Waals surface area contributed by atoms with Crippen LogP contribution in [0.2, 0.25) is 0 Å². The fourth-order valence-electron chi connectivity index (χ4n) is 1.91. The van der Waals surface area contributed by atoms with Crippen molar-refractivity contribution >= 4 is 11.8 Å². The number of hydrogen-bond acceptors (Lipinski definition) is 4. The summed E-state index contributed by atoms with van der Waals surface area (Å²) >= 11 is 1.16. The number of hydrogen-bond donors (Lipinski definition) is 2. The van der Waals surface area contributed by atoms with Gasteiger partial charge in [-0.3, -0.25) is 4.57 Å². The Hall–Kier alpha value is -1.60. The maximum Gasteiger partial charge on any atom is 0.343 e. The second-order valence-corrected chi connectivity index (χ2v) is 5.31. The molecule has 0 saturated heterocycles. The lowest BCUT2D eigenvalue weighted by Crippen LogP contribution is -2.17. The van der Waals surface area contributed by atoms with Gasteiger partial charge in [0.05, 0.1) is 4.90 Å². The van der Waals surface area contributed by atoms with Gasteiger partial charge in [-0.1, -0.05) is 19.1 Å². The molecule has 2 rings (SSSR count). The van der Waals surface area contributed by atoms with Gasteiger partial charge in [-0.05, 0) is 42.8 Å². The summed E-state index contributed by atoms with van der Waals surface area (Å²) in [6.07, 6.45) is 1.39. The van der Waals surface area contributed by atoms with Gasteiger partial charge in [0.25, 0.3) is 0 Å². The molecule has 0 radical (unpaired) electrons. The molecule has 1 heterocycles. The number of nitrogens with zero attached hydrogens (tertiary/aromatic N) is 2. The Bertz CT molecular complexity index is 638. The molecule has 0 atom stereocenters. The van der Waals surface area contributed by atoms with Crippen LogP contribution in [0.4, 0.5) is 4.39 Å². The zero-order valence-electron chi connectivity index (χ0n) is 11.2. The van der Waals surface area contributed by atoms with Crippen LogP contribution in [0.3, 0.4) is 0 Å². The third-order valence-electron chi connectivity index (χ3n) is 2.83. The molecule has 2 aromatic rings. The topological polar surface area (TPSA) is 76.7 Å². The van der Waals surface area contributed by atoms with E-state index in [1.54, 1.807) is 6.07 Å². The van der Waals surface area contributed by atoms with Crippen molar-refractivity contribution in [3.8, 4) is 0 Å². The summed E-state index contributed by atoms with van der Waals surface area (Å²) in [6.45, 7) is 2.97. The Morgan fingerprint density at radius 3 is 3.00 bits per heavy atom. The van der Waals surface area contributed by atoms with E-state index in [0.717, 1.165) is 23.7 Å². The van der Waals surface area contributed by atoms with E-state index in [1.807, 2.05) is 13.0 Å². The molecule has 0 spiro atoms. The number of nitrogens with one attached hydrogen (secondary N) is 1. The van der Waals surface area contributed by atoms with E-state index < -0.39 is 0 Å². The molecule has 0 bridgehead atoms. The normalized spacial score (nSPS) is 10.9. The zero-order valence-corrected chi connectivity index (χ0v) is 12.0. The van der Waals surface area contributed by atoms with Crippen LogP contribution in [0.1, 0.15) is 18.9 Å². The Labute approximate surface area is 120 Å². The first-order chi connectivity index (χ1) is 9.67. The summed E-state index contributed by atoms with van der Waals surface area (Å²) in [5, 5.41) is 6.84. The molecule has 0 aliphatic heterocycles. The average molecular weight is 296 g/mol. The van der Waals surface area contributed by atoms with Gasteiger partial charge in [0, 0.05) is 6.54 Å². The van der Waals surface area contributed by atoms with Crippen molar-refractivity contribution in [1.29, 1.82) is 0 Å². The van der Waals surface area contributed by atoms with Crippen molar-refractivity contribution in [2.75, 3.05) is 6.54 Å². The van der Waals surface area contributed by atoms with Gasteiger partial charge in [-0.25, -0.2) is 14.3 Å². The minimum Gasteiger partial charge on any atom is -0.330 e. The van der Waals surface area contributed by atoms with E-state index >= 15 is 0 Å². The van der Waals surface area contributed by atoms with Gasteiger partial charge in [-0.15, -0.1) is 5.10 Å². The monoisotopic (exact) mass is 296 g/mol. The highest BCUT2D eigenvalue weighted by Gasteiger charge is 2.15. The number of benzene rings is 1. The van der Waals surface area contributed by atoms with E-state index in [9.17, 15) is 9.18 Å². The minimum atomic E-state index is -0.320. The van der Waals surface area contributed by atoms with Crippen molar-refractivity contribution in [2.24, 2.45) is 5.73 Å². The molecule has 0 aliphatic rings. The maximum absolute atomic E-state index is 14.0.